The van der Waals surface area contributed by atoms with Crippen molar-refractivity contribution in [1.82, 2.24) is 4.98 Å². The van der Waals surface area contributed by atoms with Crippen molar-refractivity contribution in [2.75, 3.05) is 5.73 Å². The molecule has 1 heterocycles. The molecule has 66 valence electrons. The maximum Gasteiger partial charge on any atom is 0.270 e. The number of nitrogen functional groups attached to an aromatic ring is 1. The molecule has 0 aliphatic rings. The van der Waals surface area contributed by atoms with Crippen LogP contribution in [-0.4, -0.2) is 4.98 Å². The summed E-state index contributed by atoms with van der Waals surface area (Å²) in [5, 5.41) is 0. The first-order chi connectivity index (χ1) is 5.52. The molecule has 2 N–H and O–H groups in total. The summed E-state index contributed by atoms with van der Waals surface area (Å²) in [7, 11) is 0. The zero-order valence-electron chi connectivity index (χ0n) is 6.31. The molecule has 0 atom stereocenters. The molecule has 1 rings (SSSR count). The second kappa shape index (κ2) is 3.00. The van der Waals surface area contributed by atoms with E-state index in [-0.39, 0.29) is 5.69 Å². The Balaban J connectivity index is 3.28. The maximum absolute atomic E-state index is 12.8. The Bertz CT molecular complexity index is 276. The van der Waals surface area contributed by atoms with Crippen LogP contribution in [0.25, 0.3) is 0 Å². The van der Waals surface area contributed by atoms with Gasteiger partial charge < -0.3 is 5.73 Å². The molecule has 0 aromatic carbocycles. The summed E-state index contributed by atoms with van der Waals surface area (Å²) >= 11 is 0. The molecule has 0 spiro atoms. The van der Waals surface area contributed by atoms with Gasteiger partial charge in [-0.3, -0.25) is 0 Å². The van der Waals surface area contributed by atoms with Gasteiger partial charge in [-0.05, 0) is 13.0 Å². The fourth-order valence-corrected chi connectivity index (χ4v) is 0.882. The molecule has 0 radical (unpaired) electrons. The highest BCUT2D eigenvalue weighted by molar-refractivity contribution is 5.41. The second-order valence-electron chi connectivity index (χ2n) is 2.35. The fraction of sp³-hybridized carbons (Fsp3) is 0.286. The zero-order valence-corrected chi connectivity index (χ0v) is 6.31. The van der Waals surface area contributed by atoms with Gasteiger partial charge in [-0.2, -0.15) is 0 Å². The van der Waals surface area contributed by atoms with Gasteiger partial charge in [-0.1, -0.05) is 0 Å². The van der Waals surface area contributed by atoms with Crippen molar-refractivity contribution in [2.45, 2.75) is 13.3 Å². The van der Waals surface area contributed by atoms with Gasteiger partial charge in [-0.25, -0.2) is 18.2 Å². The van der Waals surface area contributed by atoms with Crippen LogP contribution in [0.4, 0.5) is 19.0 Å². The van der Waals surface area contributed by atoms with Crippen molar-refractivity contribution in [1.29, 1.82) is 0 Å². The molecule has 0 bridgehead atoms. The van der Waals surface area contributed by atoms with Crippen LogP contribution in [0.2, 0.25) is 0 Å². The third kappa shape index (κ3) is 1.49. The Kier molecular flexibility index (Phi) is 2.21. The minimum Gasteiger partial charge on any atom is -0.383 e. The van der Waals surface area contributed by atoms with Crippen LogP contribution in [0.3, 0.4) is 0 Å². The number of hydrogen-bond donors (Lipinski definition) is 1. The summed E-state index contributed by atoms with van der Waals surface area (Å²) in [6.07, 6.45) is -2.92. The van der Waals surface area contributed by atoms with Crippen molar-refractivity contribution in [2.24, 2.45) is 0 Å². The van der Waals surface area contributed by atoms with E-state index in [0.29, 0.717) is 0 Å². The molecule has 5 heteroatoms. The van der Waals surface area contributed by atoms with Gasteiger partial charge in [0, 0.05) is 5.69 Å². The van der Waals surface area contributed by atoms with E-state index in [1.807, 2.05) is 0 Å². The third-order valence-electron chi connectivity index (χ3n) is 1.38. The zero-order chi connectivity index (χ0) is 9.30. The van der Waals surface area contributed by atoms with E-state index in [9.17, 15) is 13.2 Å². The number of aromatic nitrogens is 1. The molecule has 0 aliphatic carbocycles. The Morgan fingerprint density at radius 3 is 2.50 bits per heavy atom. The topological polar surface area (TPSA) is 38.9 Å². The molecule has 0 saturated heterocycles. The average molecular weight is 176 g/mol. The molecule has 0 aliphatic heterocycles. The van der Waals surface area contributed by atoms with Gasteiger partial charge in [0.25, 0.3) is 6.43 Å². The first-order valence-electron chi connectivity index (χ1n) is 3.23. The third-order valence-corrected chi connectivity index (χ3v) is 1.38. The highest BCUT2D eigenvalue weighted by Gasteiger charge is 2.18. The molecule has 0 fully saturated rings. The van der Waals surface area contributed by atoms with Crippen LogP contribution in [0, 0.1) is 12.7 Å². The van der Waals surface area contributed by atoms with Crippen LogP contribution >= 0.6 is 0 Å². The monoisotopic (exact) mass is 176 g/mol. The first-order valence-corrected chi connectivity index (χ1v) is 3.23. The SMILES string of the molecule is Cc1cc(F)c(C(F)F)c(N)n1. The van der Waals surface area contributed by atoms with Crippen LogP contribution < -0.4 is 5.73 Å². The van der Waals surface area contributed by atoms with Gasteiger partial charge in [0.05, 0.1) is 5.56 Å². The Morgan fingerprint density at radius 1 is 1.50 bits per heavy atom. The lowest BCUT2D eigenvalue weighted by molar-refractivity contribution is 0.147. The van der Waals surface area contributed by atoms with Gasteiger partial charge in [-0.15, -0.1) is 0 Å². The first kappa shape index (κ1) is 8.83. The Hall–Kier alpha value is -1.26. The molecule has 1 aromatic rings. The number of alkyl halides is 2. The second-order valence-corrected chi connectivity index (χ2v) is 2.35. The quantitative estimate of drug-likeness (QED) is 0.711. The summed E-state index contributed by atoms with van der Waals surface area (Å²) in [6.45, 7) is 1.48. The van der Waals surface area contributed by atoms with Crippen molar-refractivity contribution < 1.29 is 13.2 Å². The lowest BCUT2D eigenvalue weighted by Gasteiger charge is -2.05. The van der Waals surface area contributed by atoms with E-state index in [0.717, 1.165) is 6.07 Å². The van der Waals surface area contributed by atoms with Crippen molar-refractivity contribution >= 4 is 5.82 Å². The standard InChI is InChI=1S/C7H7F3N2/c1-3-2-4(8)5(6(9)10)7(11)12-3/h2,6H,1H3,(H2,11,12). The maximum atomic E-state index is 12.8. The number of rotatable bonds is 1. The fourth-order valence-electron chi connectivity index (χ4n) is 0.882. The number of pyridine rings is 1. The van der Waals surface area contributed by atoms with Gasteiger partial charge >= 0.3 is 0 Å². The Morgan fingerprint density at radius 2 is 2.08 bits per heavy atom. The predicted molar refractivity (Wildman–Crippen MR) is 38.3 cm³/mol. The minimum absolute atomic E-state index is 0.286. The molecule has 0 saturated carbocycles. The van der Waals surface area contributed by atoms with Crippen LogP contribution in [-0.2, 0) is 0 Å². The number of anilines is 1. The van der Waals surface area contributed by atoms with Crippen LogP contribution in [0.5, 0.6) is 0 Å². The molecule has 12 heavy (non-hydrogen) atoms. The molecule has 0 unspecified atom stereocenters. The van der Waals surface area contributed by atoms with Gasteiger partial charge in [0.2, 0.25) is 0 Å². The van der Waals surface area contributed by atoms with E-state index in [1.54, 1.807) is 0 Å². The lowest BCUT2D eigenvalue weighted by Crippen LogP contribution is -2.03. The average Bonchev–Trinajstić information content (AvgIpc) is 1.82. The number of nitrogens with zero attached hydrogens (tertiary/aromatic N) is 1. The predicted octanol–water partition coefficient (Wildman–Crippen LogP) is 2.05. The summed E-state index contributed by atoms with van der Waals surface area (Å²) in [5.74, 6) is -1.45. The van der Waals surface area contributed by atoms with E-state index < -0.39 is 23.6 Å². The number of aryl methyl sites for hydroxylation is 1. The highest BCUT2D eigenvalue weighted by Crippen LogP contribution is 2.26. The normalized spacial score (nSPS) is 10.8. The number of hydrogen-bond acceptors (Lipinski definition) is 2. The smallest absolute Gasteiger partial charge is 0.270 e. The molecular weight excluding hydrogens is 169 g/mol. The molecule has 1 aromatic heterocycles. The summed E-state index contributed by atoms with van der Waals surface area (Å²) in [5.41, 5.74) is 4.56. The minimum atomic E-state index is -2.92. The van der Waals surface area contributed by atoms with Crippen LogP contribution in [0.15, 0.2) is 6.07 Å². The molecule has 2 nitrogen and oxygen atoms in total. The molecular formula is C7H7F3N2. The van der Waals surface area contributed by atoms with Gasteiger partial charge in [0.15, 0.2) is 0 Å². The molecule has 0 amide bonds. The lowest BCUT2D eigenvalue weighted by atomic mass is 10.2. The van der Waals surface area contributed by atoms with Crippen molar-refractivity contribution in [3.8, 4) is 0 Å². The van der Waals surface area contributed by atoms with E-state index in [2.05, 4.69) is 4.98 Å². The van der Waals surface area contributed by atoms with E-state index >= 15 is 0 Å². The Labute approximate surface area is 67.2 Å². The van der Waals surface area contributed by atoms with E-state index in [4.69, 9.17) is 5.73 Å². The number of nitrogens with two attached hydrogens (primary N) is 1. The van der Waals surface area contributed by atoms with Crippen molar-refractivity contribution in [3.63, 3.8) is 0 Å². The summed E-state index contributed by atoms with van der Waals surface area (Å²) in [6, 6.07) is 0.928. The highest BCUT2D eigenvalue weighted by atomic mass is 19.3. The number of halogens is 3. The summed E-state index contributed by atoms with van der Waals surface area (Å²) < 4.78 is 36.9. The van der Waals surface area contributed by atoms with Crippen molar-refractivity contribution in [3.05, 3.63) is 23.1 Å². The largest absolute Gasteiger partial charge is 0.383 e. The van der Waals surface area contributed by atoms with E-state index in [1.165, 1.54) is 6.92 Å². The van der Waals surface area contributed by atoms with Gasteiger partial charge in [0.1, 0.15) is 11.6 Å². The van der Waals surface area contributed by atoms with Crippen LogP contribution in [0.1, 0.15) is 17.7 Å². The summed E-state index contributed by atoms with van der Waals surface area (Å²) in [4.78, 5) is 3.51.